The van der Waals surface area contributed by atoms with E-state index in [9.17, 15) is 18.0 Å². The average Bonchev–Trinajstić information content (AvgIpc) is 2.60. The summed E-state index contributed by atoms with van der Waals surface area (Å²) in [4.78, 5) is 11.9. The molecule has 0 atom stereocenters. The maximum absolute atomic E-state index is 12.6. The minimum absolute atomic E-state index is 0.00163. The molecule has 156 valence electrons. The molecule has 6 nitrogen and oxygen atoms in total. The van der Waals surface area contributed by atoms with Gasteiger partial charge in [0.05, 0.1) is 5.56 Å². The van der Waals surface area contributed by atoms with E-state index in [1.54, 1.807) is 23.5 Å². The van der Waals surface area contributed by atoms with Gasteiger partial charge in [0.15, 0.2) is 23.0 Å². The fourth-order valence-corrected chi connectivity index (χ4v) is 2.75. The topological polar surface area (TPSA) is 63.2 Å². The van der Waals surface area contributed by atoms with Crippen molar-refractivity contribution in [3.63, 3.8) is 0 Å². The van der Waals surface area contributed by atoms with Crippen LogP contribution >= 0.6 is 11.6 Å². The molecule has 0 aliphatic carbocycles. The second-order valence-electron chi connectivity index (χ2n) is 7.24. The molecule has 2 aromatic carbocycles. The average molecular weight is 440 g/mol. The molecule has 1 aliphatic heterocycles. The van der Waals surface area contributed by atoms with Crippen LogP contribution in [0.2, 0.25) is 0 Å². The van der Waals surface area contributed by atoms with Crippen molar-refractivity contribution in [1.29, 1.82) is 0 Å². The number of hydrogen-bond acceptors (Lipinski definition) is 6. The Morgan fingerprint density at radius 2 is 1.57 bits per heavy atom. The fourth-order valence-electron chi connectivity index (χ4n) is 2.61. The van der Waals surface area contributed by atoms with Gasteiger partial charge in [0, 0.05) is 17.4 Å². The number of alkyl halides is 3. The van der Waals surface area contributed by atoms with Crippen molar-refractivity contribution in [2.24, 2.45) is 0 Å². The third-order valence-corrected chi connectivity index (χ3v) is 3.84. The molecule has 0 fully saturated rings. The fraction of sp³-hybridized carbons (Fsp3) is 0.235. The van der Waals surface area contributed by atoms with Crippen LogP contribution in [0.3, 0.4) is 0 Å². The molecule has 0 unspecified atom stereocenters. The van der Waals surface area contributed by atoms with Gasteiger partial charge in [-0.1, -0.05) is 0 Å². The van der Waals surface area contributed by atoms with Crippen molar-refractivity contribution in [3.8, 4) is 34.5 Å². The van der Waals surface area contributed by atoms with Crippen molar-refractivity contribution in [2.45, 2.75) is 11.7 Å². The van der Waals surface area contributed by atoms with Crippen LogP contribution in [0.15, 0.2) is 30.3 Å². The van der Waals surface area contributed by atoms with Gasteiger partial charge in [-0.25, -0.2) is 0 Å². The molecule has 1 aliphatic rings. The molecule has 0 N–H and O–H groups in total. The van der Waals surface area contributed by atoms with E-state index in [1.165, 1.54) is 18.2 Å². The largest absolute Gasteiger partial charge is 0.573 e. The van der Waals surface area contributed by atoms with Crippen LogP contribution in [-0.2, 0) is 0 Å². The number of carbonyl (C=O) groups excluding carboxylic acids is 1. The third kappa shape index (κ3) is 5.72. The van der Waals surface area contributed by atoms with Gasteiger partial charge in [-0.15, -0.1) is 13.2 Å². The Bertz CT molecular complexity index is 965. The highest BCUT2D eigenvalue weighted by molar-refractivity contribution is 6.68. The summed E-state index contributed by atoms with van der Waals surface area (Å²) in [5.74, 6) is 0.251. The summed E-state index contributed by atoms with van der Waals surface area (Å²) in [5, 5.41) is -1.57. The van der Waals surface area contributed by atoms with Crippen LogP contribution < -0.4 is 23.7 Å². The lowest BCUT2D eigenvalue weighted by Gasteiger charge is -2.25. The van der Waals surface area contributed by atoms with Gasteiger partial charge in [-0.2, -0.15) is 0 Å². The third-order valence-electron chi connectivity index (χ3n) is 3.64. The Kier molecular flexibility index (Phi) is 6.07. The quantitative estimate of drug-likeness (QED) is 0.501. The number of rotatable bonds is 6. The zero-order chi connectivity index (χ0) is 22.1. The second-order valence-corrected chi connectivity index (χ2v) is 7.58. The van der Waals surface area contributed by atoms with Gasteiger partial charge in [-0.05, 0) is 29.8 Å². The molecular weight excluding hydrogens is 425 g/mol. The van der Waals surface area contributed by atoms with Crippen molar-refractivity contribution in [2.75, 3.05) is 13.2 Å². The first-order valence-corrected chi connectivity index (χ1v) is 9.19. The van der Waals surface area contributed by atoms with E-state index in [2.05, 4.69) is 4.74 Å². The summed E-state index contributed by atoms with van der Waals surface area (Å²) in [7, 11) is 5.14. The molecule has 1 heterocycles. The van der Waals surface area contributed by atoms with Crippen LogP contribution in [0.5, 0.6) is 34.5 Å². The maximum Gasteiger partial charge on any atom is 0.573 e. The lowest BCUT2D eigenvalue weighted by molar-refractivity contribution is -0.274. The lowest BCUT2D eigenvalue weighted by atomic mass is 9.52. The van der Waals surface area contributed by atoms with Gasteiger partial charge in [0.1, 0.15) is 48.3 Å². The Labute approximate surface area is 177 Å². The molecule has 3 rings (SSSR count). The zero-order valence-corrected chi connectivity index (χ0v) is 17.0. The minimum atomic E-state index is -4.87. The van der Waals surface area contributed by atoms with Crippen molar-refractivity contribution in [1.82, 2.24) is 0 Å². The van der Waals surface area contributed by atoms with Crippen LogP contribution in [0.4, 0.5) is 13.2 Å². The highest BCUT2D eigenvalue weighted by Crippen LogP contribution is 2.42. The Morgan fingerprint density at radius 1 is 0.933 bits per heavy atom. The van der Waals surface area contributed by atoms with Gasteiger partial charge in [-0.3, -0.25) is 4.79 Å². The standard InChI is InChI=1S/C17H15B3ClF3O6/c18-16(19,20)30-14-5-8(29-17(22,23)24)1-2-10(14)28-11-7-13-12(26-3-4-27-13)6-9(11)15(21)25/h1-2,5-7H,3-4,18-20H2. The van der Waals surface area contributed by atoms with Crippen LogP contribution in [0, 0.1) is 0 Å². The summed E-state index contributed by atoms with van der Waals surface area (Å²) in [6.07, 6.45) is -4.87. The maximum atomic E-state index is 12.6. The number of fused-ring (bicyclic) bond motifs is 1. The predicted molar refractivity (Wildman–Crippen MR) is 110 cm³/mol. The van der Waals surface area contributed by atoms with E-state index in [0.29, 0.717) is 24.7 Å². The van der Waals surface area contributed by atoms with Crippen LogP contribution in [0.25, 0.3) is 0 Å². The number of benzene rings is 2. The van der Waals surface area contributed by atoms with E-state index in [0.717, 1.165) is 12.1 Å². The summed E-state index contributed by atoms with van der Waals surface area (Å²) < 4.78 is 64.2. The monoisotopic (exact) mass is 440 g/mol. The van der Waals surface area contributed by atoms with Crippen molar-refractivity contribution >= 4 is 40.4 Å². The normalized spacial score (nSPS) is 13.5. The van der Waals surface area contributed by atoms with Crippen LogP contribution in [0.1, 0.15) is 10.4 Å². The van der Waals surface area contributed by atoms with E-state index in [-0.39, 0.29) is 22.8 Å². The van der Waals surface area contributed by atoms with E-state index >= 15 is 0 Å². The molecule has 0 saturated carbocycles. The Morgan fingerprint density at radius 3 is 2.13 bits per heavy atom. The molecule has 0 bridgehead atoms. The van der Waals surface area contributed by atoms with Gasteiger partial charge >= 0.3 is 6.36 Å². The van der Waals surface area contributed by atoms with Crippen LogP contribution in [-0.4, -0.2) is 53.7 Å². The highest BCUT2D eigenvalue weighted by Gasteiger charge is 2.32. The van der Waals surface area contributed by atoms with Crippen molar-refractivity contribution in [3.05, 3.63) is 35.9 Å². The van der Waals surface area contributed by atoms with Gasteiger partial charge in [0.2, 0.25) is 0 Å². The molecule has 0 amide bonds. The smallest absolute Gasteiger partial charge is 0.510 e. The highest BCUT2D eigenvalue weighted by atomic mass is 35.5. The molecule has 0 aromatic heterocycles. The van der Waals surface area contributed by atoms with Crippen molar-refractivity contribution < 1.29 is 41.7 Å². The molecule has 13 heteroatoms. The SMILES string of the molecule is BC(B)(B)Oc1cc(OC(F)(F)F)ccc1Oc1cc2c(cc1C(=O)Cl)OCCO2. The molecular formula is C17H15B3ClF3O6. The Balaban J connectivity index is 2.01. The molecule has 0 radical (unpaired) electrons. The van der Waals surface area contributed by atoms with Gasteiger partial charge < -0.3 is 23.7 Å². The van der Waals surface area contributed by atoms with Gasteiger partial charge in [0.25, 0.3) is 5.24 Å². The lowest BCUT2D eigenvalue weighted by Crippen LogP contribution is -2.37. The number of carbonyl (C=O) groups is 1. The molecule has 0 saturated heterocycles. The first kappa shape index (κ1) is 22.1. The summed E-state index contributed by atoms with van der Waals surface area (Å²) >= 11 is 5.67. The summed E-state index contributed by atoms with van der Waals surface area (Å²) in [6.45, 7) is 0.621. The number of halogens is 4. The molecule has 30 heavy (non-hydrogen) atoms. The predicted octanol–water partition coefficient (Wildman–Crippen LogP) is 1.42. The van der Waals surface area contributed by atoms with E-state index in [4.69, 9.17) is 30.5 Å². The van der Waals surface area contributed by atoms with E-state index < -0.39 is 22.7 Å². The first-order chi connectivity index (χ1) is 13.9. The number of ether oxygens (including phenoxy) is 5. The number of hydrogen-bond donors (Lipinski definition) is 0. The summed E-state index contributed by atoms with van der Waals surface area (Å²) in [6, 6.07) is 6.16. The minimum Gasteiger partial charge on any atom is -0.510 e. The molecule has 0 spiro atoms. The Hall–Kier alpha value is -2.62. The summed E-state index contributed by atoms with van der Waals surface area (Å²) in [5.41, 5.74) is -0.00163. The molecule has 2 aromatic rings. The first-order valence-electron chi connectivity index (χ1n) is 8.81. The van der Waals surface area contributed by atoms with E-state index in [1.807, 2.05) is 0 Å². The second kappa shape index (κ2) is 8.25. The zero-order valence-electron chi connectivity index (χ0n) is 16.3.